The summed E-state index contributed by atoms with van der Waals surface area (Å²) < 4.78 is 20.7. The van der Waals surface area contributed by atoms with E-state index in [1.165, 1.54) is 21.3 Å². The summed E-state index contributed by atoms with van der Waals surface area (Å²) in [6.07, 6.45) is 4.92. The molecule has 84 valence electrons. The lowest BCUT2D eigenvalue weighted by molar-refractivity contribution is 0.00517. The van der Waals surface area contributed by atoms with Gasteiger partial charge in [0.15, 0.2) is 0 Å². The maximum absolute atomic E-state index is 5.46. The Bertz CT molecular complexity index is 139. The van der Waals surface area contributed by atoms with Crippen molar-refractivity contribution in [3.05, 3.63) is 12.7 Å². The van der Waals surface area contributed by atoms with Crippen LogP contribution in [0.1, 0.15) is 19.3 Å². The minimum atomic E-state index is -2.80. The number of hydrogen-bond acceptors (Lipinski definition) is 4. The van der Waals surface area contributed by atoms with Crippen LogP contribution in [0.5, 0.6) is 0 Å². The molecule has 0 saturated carbocycles. The van der Waals surface area contributed by atoms with Gasteiger partial charge in [-0.15, -0.1) is 6.58 Å². The highest BCUT2D eigenvalue weighted by Crippen LogP contribution is 2.09. The predicted octanol–water partition coefficient (Wildman–Crippen LogP) is 1.73. The minimum absolute atomic E-state index is 0.593. The van der Waals surface area contributed by atoms with Crippen molar-refractivity contribution in [2.24, 2.45) is 0 Å². The first-order valence-electron chi connectivity index (χ1n) is 4.65. The van der Waals surface area contributed by atoms with E-state index in [4.69, 9.17) is 17.7 Å². The van der Waals surface area contributed by atoms with Crippen LogP contribution in [0, 0.1) is 0 Å². The van der Waals surface area contributed by atoms with Gasteiger partial charge >= 0.3 is 9.05 Å². The van der Waals surface area contributed by atoms with Crippen LogP contribution >= 0.6 is 0 Å². The van der Waals surface area contributed by atoms with Crippen molar-refractivity contribution in [1.82, 2.24) is 0 Å². The van der Waals surface area contributed by atoms with Crippen LogP contribution in [0.2, 0.25) is 0 Å². The molecule has 0 atom stereocenters. The zero-order chi connectivity index (χ0) is 10.9. The second-order valence-corrected chi connectivity index (χ2v) is 5.26. The van der Waals surface area contributed by atoms with Gasteiger partial charge in [0.2, 0.25) is 0 Å². The summed E-state index contributed by atoms with van der Waals surface area (Å²) in [6.45, 7) is 4.24. The lowest BCUT2D eigenvalue weighted by Crippen LogP contribution is -2.46. The number of allylic oxidation sites excluding steroid dienone is 1. The van der Waals surface area contributed by atoms with Gasteiger partial charge in [-0.3, -0.25) is 0 Å². The lowest BCUT2D eigenvalue weighted by Gasteiger charge is -2.22. The summed E-state index contributed by atoms with van der Waals surface area (Å²) in [5.41, 5.74) is 0. The number of unbranched alkanes of at least 4 members (excludes halogenated alkanes) is 2. The SMILES string of the molecule is C=CCCCCO[Si](OC)(OC)OC. The first-order valence-corrected chi connectivity index (χ1v) is 6.28. The van der Waals surface area contributed by atoms with E-state index in [1.54, 1.807) is 0 Å². The van der Waals surface area contributed by atoms with E-state index < -0.39 is 9.05 Å². The standard InChI is InChI=1S/C9H20O4Si/c1-5-6-7-8-9-13-14(10-2,11-3)12-4/h5H,1,6-9H2,2-4H3. The zero-order valence-electron chi connectivity index (χ0n) is 9.25. The molecule has 0 N–H and O–H groups in total. The van der Waals surface area contributed by atoms with E-state index in [1.807, 2.05) is 6.08 Å². The van der Waals surface area contributed by atoms with Gasteiger partial charge in [-0.25, -0.2) is 0 Å². The lowest BCUT2D eigenvalue weighted by atomic mass is 10.2. The van der Waals surface area contributed by atoms with Crippen molar-refractivity contribution in [1.29, 1.82) is 0 Å². The normalized spacial score (nSPS) is 11.6. The number of rotatable bonds is 9. The van der Waals surface area contributed by atoms with Crippen LogP contribution in [0.15, 0.2) is 12.7 Å². The molecule has 4 nitrogen and oxygen atoms in total. The fraction of sp³-hybridized carbons (Fsp3) is 0.778. The third-order valence-electron chi connectivity index (χ3n) is 1.83. The molecule has 0 aromatic heterocycles. The smallest absolute Gasteiger partial charge is 0.355 e. The monoisotopic (exact) mass is 220 g/mol. The molecule has 0 aromatic carbocycles. The summed E-state index contributed by atoms with van der Waals surface area (Å²) in [5, 5.41) is 0. The summed E-state index contributed by atoms with van der Waals surface area (Å²) >= 11 is 0. The molecule has 0 fully saturated rings. The molecule has 0 bridgehead atoms. The van der Waals surface area contributed by atoms with Gasteiger partial charge in [0.1, 0.15) is 0 Å². The van der Waals surface area contributed by atoms with Gasteiger partial charge in [0.25, 0.3) is 0 Å². The Balaban J connectivity index is 3.65. The van der Waals surface area contributed by atoms with Gasteiger partial charge in [0, 0.05) is 27.9 Å². The molecule has 0 saturated heterocycles. The second kappa shape index (κ2) is 8.13. The zero-order valence-corrected chi connectivity index (χ0v) is 10.2. The highest BCUT2D eigenvalue weighted by atomic mass is 28.4. The Morgan fingerprint density at radius 3 is 2.07 bits per heavy atom. The molecule has 0 heterocycles. The molecule has 0 spiro atoms. The fourth-order valence-corrected chi connectivity index (χ4v) is 2.26. The maximum Gasteiger partial charge on any atom is 0.678 e. The molecule has 14 heavy (non-hydrogen) atoms. The van der Waals surface area contributed by atoms with E-state index in [2.05, 4.69) is 6.58 Å². The van der Waals surface area contributed by atoms with Gasteiger partial charge in [-0.05, 0) is 19.3 Å². The topological polar surface area (TPSA) is 36.9 Å². The van der Waals surface area contributed by atoms with Crippen LogP contribution in [0.3, 0.4) is 0 Å². The highest BCUT2D eigenvalue weighted by Gasteiger charge is 2.41. The van der Waals surface area contributed by atoms with Gasteiger partial charge in [-0.1, -0.05) is 6.08 Å². The molecule has 0 radical (unpaired) electrons. The van der Waals surface area contributed by atoms with Crippen molar-refractivity contribution < 1.29 is 17.7 Å². The third-order valence-corrected chi connectivity index (χ3v) is 3.89. The third kappa shape index (κ3) is 4.87. The van der Waals surface area contributed by atoms with E-state index >= 15 is 0 Å². The molecule has 0 aliphatic heterocycles. The van der Waals surface area contributed by atoms with Crippen LogP contribution in [0.4, 0.5) is 0 Å². The average molecular weight is 220 g/mol. The largest absolute Gasteiger partial charge is 0.678 e. The van der Waals surface area contributed by atoms with Gasteiger partial charge in [0.05, 0.1) is 0 Å². The number of hydrogen-bond donors (Lipinski definition) is 0. The Morgan fingerprint density at radius 1 is 1.07 bits per heavy atom. The molecule has 0 amide bonds. The molecule has 0 aliphatic carbocycles. The highest BCUT2D eigenvalue weighted by molar-refractivity contribution is 6.53. The first kappa shape index (κ1) is 13.8. The second-order valence-electron chi connectivity index (χ2n) is 2.75. The molecule has 5 heteroatoms. The summed E-state index contributed by atoms with van der Waals surface area (Å²) in [7, 11) is 1.79. The van der Waals surface area contributed by atoms with E-state index in [9.17, 15) is 0 Å². The van der Waals surface area contributed by atoms with E-state index in [0.29, 0.717) is 6.61 Å². The van der Waals surface area contributed by atoms with Crippen LogP contribution < -0.4 is 0 Å². The first-order chi connectivity index (χ1) is 6.74. The molecular formula is C9H20O4Si. The molecule has 0 unspecified atom stereocenters. The predicted molar refractivity (Wildman–Crippen MR) is 56.8 cm³/mol. The molecular weight excluding hydrogens is 200 g/mol. The van der Waals surface area contributed by atoms with Crippen molar-refractivity contribution >= 4 is 9.05 Å². The van der Waals surface area contributed by atoms with Gasteiger partial charge in [-0.2, -0.15) is 0 Å². The van der Waals surface area contributed by atoms with Crippen molar-refractivity contribution in [3.63, 3.8) is 0 Å². The summed E-state index contributed by atoms with van der Waals surface area (Å²) in [4.78, 5) is 0. The van der Waals surface area contributed by atoms with Gasteiger partial charge < -0.3 is 17.7 Å². The average Bonchev–Trinajstić information content (AvgIpc) is 2.24. The Labute approximate surface area is 87.3 Å². The van der Waals surface area contributed by atoms with Crippen molar-refractivity contribution in [3.8, 4) is 0 Å². The quantitative estimate of drug-likeness (QED) is 0.337. The van der Waals surface area contributed by atoms with Crippen molar-refractivity contribution in [2.45, 2.75) is 19.3 Å². The van der Waals surface area contributed by atoms with Crippen LogP contribution in [-0.2, 0) is 17.7 Å². The Kier molecular flexibility index (Phi) is 8.02. The summed E-state index contributed by atoms with van der Waals surface area (Å²) in [6, 6.07) is 0. The van der Waals surface area contributed by atoms with E-state index in [-0.39, 0.29) is 0 Å². The van der Waals surface area contributed by atoms with Crippen LogP contribution in [0.25, 0.3) is 0 Å². The Hall–Kier alpha value is -0.203. The van der Waals surface area contributed by atoms with E-state index in [0.717, 1.165) is 19.3 Å². The molecule has 0 aliphatic rings. The molecule has 0 rings (SSSR count). The maximum atomic E-state index is 5.46. The molecule has 0 aromatic rings. The minimum Gasteiger partial charge on any atom is -0.355 e. The Morgan fingerprint density at radius 2 is 1.64 bits per heavy atom. The summed E-state index contributed by atoms with van der Waals surface area (Å²) in [5.74, 6) is 0. The van der Waals surface area contributed by atoms with Crippen LogP contribution in [-0.4, -0.2) is 37.0 Å². The fourth-order valence-electron chi connectivity index (χ4n) is 1.01. The van der Waals surface area contributed by atoms with Crippen molar-refractivity contribution in [2.75, 3.05) is 27.9 Å².